The van der Waals surface area contributed by atoms with Crippen LogP contribution in [-0.4, -0.2) is 53.3 Å². The van der Waals surface area contributed by atoms with Gasteiger partial charge in [-0.3, -0.25) is 0 Å². The Hall–Kier alpha value is -0.420. The summed E-state index contributed by atoms with van der Waals surface area (Å²) in [4.78, 5) is 14.1. The zero-order valence-corrected chi connectivity index (χ0v) is 15.2. The number of nitrogens with one attached hydrogen (secondary N) is 1. The third-order valence-electron chi connectivity index (χ3n) is 2.67. The number of hydrogen-bond acceptors (Lipinski definition) is 4. The maximum Gasteiger partial charge on any atom is 0.410 e. The van der Waals surface area contributed by atoms with E-state index in [1.54, 1.807) is 4.90 Å². The van der Waals surface area contributed by atoms with Gasteiger partial charge in [0, 0.05) is 30.4 Å². The Morgan fingerprint density at radius 2 is 1.80 bits per heavy atom. The molecule has 1 amide bonds. The third-order valence-corrected chi connectivity index (χ3v) is 3.50. The van der Waals surface area contributed by atoms with E-state index in [2.05, 4.69) is 18.5 Å². The summed E-state index contributed by atoms with van der Waals surface area (Å²) in [6.45, 7) is 15.4. The van der Waals surface area contributed by atoms with Crippen LogP contribution >= 0.6 is 11.8 Å². The number of ether oxygens (including phenoxy) is 1. The van der Waals surface area contributed by atoms with Gasteiger partial charge in [-0.2, -0.15) is 11.8 Å². The molecule has 0 fully saturated rings. The highest BCUT2D eigenvalue weighted by Gasteiger charge is 2.30. The van der Waals surface area contributed by atoms with Crippen molar-refractivity contribution in [2.24, 2.45) is 0 Å². The second-order valence-electron chi connectivity index (χ2n) is 7.11. The fraction of sp³-hybridized carbons (Fsp3) is 0.933. The van der Waals surface area contributed by atoms with Gasteiger partial charge in [0.2, 0.25) is 0 Å². The molecular formula is C15H32N2O2S. The number of carbonyl (C=O) groups is 1. The summed E-state index contributed by atoms with van der Waals surface area (Å²) in [5, 5.41) is 3.43. The predicted molar refractivity (Wildman–Crippen MR) is 88.5 cm³/mol. The van der Waals surface area contributed by atoms with Crippen molar-refractivity contribution in [1.82, 2.24) is 10.2 Å². The maximum absolute atomic E-state index is 12.3. The average molecular weight is 305 g/mol. The van der Waals surface area contributed by atoms with E-state index in [0.29, 0.717) is 12.6 Å². The molecule has 0 aromatic rings. The first-order valence-electron chi connectivity index (χ1n) is 7.20. The van der Waals surface area contributed by atoms with Crippen LogP contribution in [0.2, 0.25) is 0 Å². The van der Waals surface area contributed by atoms with Gasteiger partial charge in [-0.1, -0.05) is 0 Å². The van der Waals surface area contributed by atoms with E-state index in [4.69, 9.17) is 4.74 Å². The first-order valence-corrected chi connectivity index (χ1v) is 8.59. The summed E-state index contributed by atoms with van der Waals surface area (Å²) in [6.07, 6.45) is 1.85. The van der Waals surface area contributed by atoms with Crippen molar-refractivity contribution in [1.29, 1.82) is 0 Å². The number of hydrogen-bond donors (Lipinski definition) is 1. The topological polar surface area (TPSA) is 41.6 Å². The van der Waals surface area contributed by atoms with Gasteiger partial charge in [-0.25, -0.2) is 4.79 Å². The van der Waals surface area contributed by atoms with E-state index >= 15 is 0 Å². The van der Waals surface area contributed by atoms with Gasteiger partial charge in [0.1, 0.15) is 5.60 Å². The summed E-state index contributed by atoms with van der Waals surface area (Å²) in [6, 6.07) is 0.449. The van der Waals surface area contributed by atoms with Crippen LogP contribution in [0.1, 0.15) is 48.5 Å². The van der Waals surface area contributed by atoms with Crippen molar-refractivity contribution in [3.05, 3.63) is 0 Å². The molecule has 20 heavy (non-hydrogen) atoms. The van der Waals surface area contributed by atoms with Crippen LogP contribution < -0.4 is 5.32 Å². The van der Waals surface area contributed by atoms with Crippen molar-refractivity contribution in [3.63, 3.8) is 0 Å². The quantitative estimate of drug-likeness (QED) is 0.817. The van der Waals surface area contributed by atoms with Gasteiger partial charge in [0.15, 0.2) is 0 Å². The Labute approximate surface area is 129 Å². The average Bonchev–Trinajstić information content (AvgIpc) is 2.20. The molecule has 0 saturated heterocycles. The van der Waals surface area contributed by atoms with E-state index in [1.807, 2.05) is 53.3 Å². The largest absolute Gasteiger partial charge is 0.444 e. The smallest absolute Gasteiger partial charge is 0.410 e. The lowest BCUT2D eigenvalue weighted by atomic mass is 10.1. The fourth-order valence-corrected chi connectivity index (χ4v) is 2.37. The number of carbonyl (C=O) groups excluding carboxylic acids is 1. The Kier molecular flexibility index (Phi) is 7.96. The molecule has 0 saturated carbocycles. The summed E-state index contributed by atoms with van der Waals surface area (Å²) in [5.74, 6) is 1.07. The molecule has 0 aliphatic rings. The molecule has 0 aromatic carbocycles. The van der Waals surface area contributed by atoms with E-state index < -0.39 is 5.60 Å². The van der Waals surface area contributed by atoms with Crippen molar-refractivity contribution in [2.75, 3.05) is 25.1 Å². The fourth-order valence-electron chi connectivity index (χ4n) is 1.75. The molecule has 120 valence electrons. The highest BCUT2D eigenvalue weighted by Crippen LogP contribution is 2.17. The Morgan fingerprint density at radius 3 is 2.20 bits per heavy atom. The molecule has 5 heteroatoms. The normalized spacial score (nSPS) is 14.0. The summed E-state index contributed by atoms with van der Waals surface area (Å²) < 4.78 is 5.49. The number of amides is 1. The highest BCUT2D eigenvalue weighted by molar-refractivity contribution is 7.98. The molecule has 0 bridgehead atoms. The van der Waals surface area contributed by atoms with Crippen LogP contribution in [0.4, 0.5) is 4.79 Å². The molecule has 4 nitrogen and oxygen atoms in total. The van der Waals surface area contributed by atoms with Crippen LogP contribution in [0.25, 0.3) is 0 Å². The lowest BCUT2D eigenvalue weighted by Gasteiger charge is -2.37. The molecule has 0 aliphatic carbocycles. The highest BCUT2D eigenvalue weighted by atomic mass is 32.2. The summed E-state index contributed by atoms with van der Waals surface area (Å²) in [5.41, 5.74) is -0.701. The van der Waals surface area contributed by atoms with E-state index in [0.717, 1.165) is 12.3 Å². The Balaban J connectivity index is 4.49. The van der Waals surface area contributed by atoms with Crippen LogP contribution in [0, 0.1) is 0 Å². The van der Waals surface area contributed by atoms with E-state index in [-0.39, 0.29) is 11.6 Å². The number of rotatable bonds is 6. The minimum absolute atomic E-state index is 0.243. The van der Waals surface area contributed by atoms with Crippen molar-refractivity contribution in [2.45, 2.75) is 65.6 Å². The first-order chi connectivity index (χ1) is 8.97. The van der Waals surface area contributed by atoms with Crippen molar-refractivity contribution < 1.29 is 9.53 Å². The van der Waals surface area contributed by atoms with Gasteiger partial charge in [-0.15, -0.1) is 0 Å². The van der Waals surface area contributed by atoms with Crippen LogP contribution in [0.5, 0.6) is 0 Å². The van der Waals surface area contributed by atoms with E-state index in [1.165, 1.54) is 0 Å². The Morgan fingerprint density at radius 1 is 1.25 bits per heavy atom. The third kappa shape index (κ3) is 8.69. The molecule has 0 radical (unpaired) electrons. The van der Waals surface area contributed by atoms with E-state index in [9.17, 15) is 4.79 Å². The second-order valence-corrected chi connectivity index (χ2v) is 8.02. The Bertz CT molecular complexity index is 295. The monoisotopic (exact) mass is 304 g/mol. The predicted octanol–water partition coefficient (Wildman–Crippen LogP) is 3.36. The van der Waals surface area contributed by atoms with Crippen LogP contribution in [-0.2, 0) is 4.74 Å². The SMILES string of the molecule is CSCC(C)NCCN(C(=O)OC(C)(C)C)C(C)(C)C. The summed E-state index contributed by atoms with van der Waals surface area (Å²) in [7, 11) is 0. The zero-order chi connectivity index (χ0) is 16.0. The molecule has 1 N–H and O–H groups in total. The van der Waals surface area contributed by atoms with Crippen LogP contribution in [0.3, 0.4) is 0 Å². The minimum atomic E-state index is -0.458. The standard InChI is InChI=1S/C15H32N2O2S/c1-12(11-20-8)16-9-10-17(14(2,3)4)13(18)19-15(5,6)7/h12,16H,9-11H2,1-8H3. The van der Waals surface area contributed by atoms with Crippen molar-refractivity contribution >= 4 is 17.9 Å². The molecule has 0 spiro atoms. The summed E-state index contributed by atoms with van der Waals surface area (Å²) >= 11 is 1.82. The lowest BCUT2D eigenvalue weighted by Crippen LogP contribution is -2.51. The second kappa shape index (κ2) is 8.13. The van der Waals surface area contributed by atoms with Crippen LogP contribution in [0.15, 0.2) is 0 Å². The van der Waals surface area contributed by atoms with Gasteiger partial charge < -0.3 is 15.0 Å². The minimum Gasteiger partial charge on any atom is -0.444 e. The number of thioether (sulfide) groups is 1. The molecule has 1 atom stereocenters. The van der Waals surface area contributed by atoms with Crippen molar-refractivity contribution in [3.8, 4) is 0 Å². The maximum atomic E-state index is 12.3. The number of nitrogens with zero attached hydrogens (tertiary/aromatic N) is 1. The van der Waals surface area contributed by atoms with Gasteiger partial charge in [0.05, 0.1) is 0 Å². The van der Waals surface area contributed by atoms with Gasteiger partial charge >= 0.3 is 6.09 Å². The molecule has 0 aromatic heterocycles. The first kappa shape index (κ1) is 19.6. The molecular weight excluding hydrogens is 272 g/mol. The zero-order valence-electron chi connectivity index (χ0n) is 14.4. The molecule has 0 aliphatic heterocycles. The molecule has 1 unspecified atom stereocenters. The van der Waals surface area contributed by atoms with Gasteiger partial charge in [0.25, 0.3) is 0 Å². The van der Waals surface area contributed by atoms with Gasteiger partial charge in [-0.05, 0) is 54.7 Å². The molecule has 0 rings (SSSR count). The molecule has 0 heterocycles. The lowest BCUT2D eigenvalue weighted by molar-refractivity contribution is 0.00653.